The number of nitrogens with one attached hydrogen (secondary N) is 1. The lowest BCUT2D eigenvalue weighted by Gasteiger charge is -2.21. The van der Waals surface area contributed by atoms with E-state index in [1.807, 2.05) is 71.0 Å². The summed E-state index contributed by atoms with van der Waals surface area (Å²) in [6.07, 6.45) is 6.67. The van der Waals surface area contributed by atoms with Gasteiger partial charge in [-0.25, -0.2) is 0 Å². The summed E-state index contributed by atoms with van der Waals surface area (Å²) in [4.78, 5) is 14.9. The molecule has 2 fully saturated rings. The second-order valence-corrected chi connectivity index (χ2v) is 12.0. The van der Waals surface area contributed by atoms with Gasteiger partial charge in [-0.3, -0.25) is 9.69 Å². The molecule has 3 N–H and O–H groups in total. The van der Waals surface area contributed by atoms with Crippen LogP contribution < -0.4 is 15.8 Å². The molecule has 1 heterocycles. The first kappa shape index (κ1) is 39.7. The van der Waals surface area contributed by atoms with Crippen LogP contribution in [0.1, 0.15) is 79.4 Å². The molecule has 6 nitrogen and oxygen atoms in total. The summed E-state index contributed by atoms with van der Waals surface area (Å²) in [6, 6.07) is 18.7. The van der Waals surface area contributed by atoms with Crippen molar-refractivity contribution in [3.63, 3.8) is 0 Å². The molecule has 0 bridgehead atoms. The van der Waals surface area contributed by atoms with E-state index in [9.17, 15) is 4.79 Å². The predicted octanol–water partition coefficient (Wildman–Crippen LogP) is 8.05. The zero-order valence-electron chi connectivity index (χ0n) is 29.6. The highest BCUT2D eigenvalue weighted by Gasteiger charge is 2.44. The molecule has 2 aromatic rings. The number of allylic oxidation sites excluding steroid dienone is 4. The molecule has 250 valence electrons. The highest BCUT2D eigenvalue weighted by molar-refractivity contribution is 5.81. The van der Waals surface area contributed by atoms with Gasteiger partial charge in [-0.05, 0) is 65.5 Å². The lowest BCUT2D eigenvalue weighted by molar-refractivity contribution is -0.127. The van der Waals surface area contributed by atoms with Crippen LogP contribution in [0.5, 0.6) is 5.75 Å². The van der Waals surface area contributed by atoms with Gasteiger partial charge in [0.25, 0.3) is 5.91 Å². The van der Waals surface area contributed by atoms with Gasteiger partial charge in [0.15, 0.2) is 6.10 Å². The third-order valence-corrected chi connectivity index (χ3v) is 7.50. The van der Waals surface area contributed by atoms with Gasteiger partial charge in [0.2, 0.25) is 0 Å². The maximum absolute atomic E-state index is 12.3. The first-order valence-corrected chi connectivity index (χ1v) is 16.7. The van der Waals surface area contributed by atoms with Crippen molar-refractivity contribution in [2.75, 3.05) is 33.3 Å². The van der Waals surface area contributed by atoms with Gasteiger partial charge in [-0.2, -0.15) is 0 Å². The molecule has 1 aliphatic heterocycles. The fourth-order valence-corrected chi connectivity index (χ4v) is 4.94. The van der Waals surface area contributed by atoms with Crippen molar-refractivity contribution >= 4 is 5.91 Å². The minimum absolute atomic E-state index is 0.0631. The van der Waals surface area contributed by atoms with Gasteiger partial charge in [0, 0.05) is 39.6 Å². The minimum Gasteiger partial charge on any atom is -0.497 e. The van der Waals surface area contributed by atoms with Crippen LogP contribution in [0.15, 0.2) is 90.7 Å². The lowest BCUT2D eigenvalue weighted by atomic mass is 9.87. The van der Waals surface area contributed by atoms with Crippen molar-refractivity contribution in [1.29, 1.82) is 0 Å². The Bertz CT molecular complexity index is 1160. The number of piperidine rings is 1. The number of likely N-dealkylation sites (N-methyl/N-ethyl adjacent to an activating group) is 1. The fourth-order valence-electron chi connectivity index (χ4n) is 4.94. The van der Waals surface area contributed by atoms with Crippen molar-refractivity contribution in [2.45, 2.75) is 86.3 Å². The number of carbonyl (C=O) groups is 1. The van der Waals surface area contributed by atoms with E-state index in [1.165, 1.54) is 30.6 Å². The van der Waals surface area contributed by atoms with Crippen molar-refractivity contribution in [3.8, 4) is 5.75 Å². The van der Waals surface area contributed by atoms with Crippen molar-refractivity contribution in [3.05, 3.63) is 102 Å². The molecule has 6 heteroatoms. The van der Waals surface area contributed by atoms with E-state index in [2.05, 4.69) is 67.9 Å². The van der Waals surface area contributed by atoms with Crippen molar-refractivity contribution in [1.82, 2.24) is 10.2 Å². The second-order valence-electron chi connectivity index (χ2n) is 12.0. The van der Waals surface area contributed by atoms with Gasteiger partial charge in [-0.1, -0.05) is 110 Å². The van der Waals surface area contributed by atoms with Gasteiger partial charge in [0.1, 0.15) is 5.75 Å². The minimum atomic E-state index is -0.659. The Morgan fingerprint density at radius 3 is 2.13 bits per heavy atom. The average Bonchev–Trinajstić information content (AvgIpc) is 3.68. The van der Waals surface area contributed by atoms with Gasteiger partial charge in [-0.15, -0.1) is 0 Å². The van der Waals surface area contributed by atoms with Crippen LogP contribution in [0.25, 0.3) is 0 Å². The first-order chi connectivity index (χ1) is 21.6. The van der Waals surface area contributed by atoms with E-state index in [1.54, 1.807) is 13.1 Å². The molecule has 0 radical (unpaired) electrons. The molecule has 2 aliphatic rings. The standard InChI is InChI=1S/C23H34N2O3.C12H15N.2C2H6/c1-7-18(9-8-17(2)27-15-14-24)16-21(22(26)25-6)28-20-12-10-19(11-13-20)23(3,4)5;1-2-4-10(5-3-1)7-13-8-11-6-12(11)9-13;2*1-2/h7-13,21H,1,14-16,24H2,2-6H3,(H,25,26);1-5,11-12H,6-9H2;2*1-2H3/b17-8+,18-9+;;;/t21-;;;/m0.../s1. The van der Waals surface area contributed by atoms with Gasteiger partial charge < -0.3 is 20.5 Å². The molecule has 0 aromatic heterocycles. The monoisotopic (exact) mass is 619 g/mol. The zero-order valence-corrected chi connectivity index (χ0v) is 29.6. The second kappa shape index (κ2) is 21.4. The number of nitrogens with zero attached hydrogens (tertiary/aromatic N) is 1. The van der Waals surface area contributed by atoms with Gasteiger partial charge >= 0.3 is 0 Å². The Morgan fingerprint density at radius 2 is 1.62 bits per heavy atom. The van der Waals surface area contributed by atoms with Gasteiger partial charge in [0.05, 0.1) is 12.4 Å². The number of fused-ring (bicyclic) bond motifs is 1. The highest BCUT2D eigenvalue weighted by Crippen LogP contribution is 2.45. The summed E-state index contributed by atoms with van der Waals surface area (Å²) >= 11 is 0. The normalized spacial score (nSPS) is 17.9. The summed E-state index contributed by atoms with van der Waals surface area (Å²) < 4.78 is 11.4. The summed E-state index contributed by atoms with van der Waals surface area (Å²) in [5.74, 6) is 3.34. The molecule has 1 saturated heterocycles. The molecule has 1 aliphatic carbocycles. The summed E-state index contributed by atoms with van der Waals surface area (Å²) in [5, 5.41) is 2.66. The maximum atomic E-state index is 12.3. The molecule has 2 aromatic carbocycles. The Balaban J connectivity index is 0.000000487. The number of carbonyl (C=O) groups excluding carboxylic acids is 1. The fraction of sp³-hybridized carbons (Fsp3) is 0.513. The Kier molecular flexibility index (Phi) is 18.9. The molecule has 2 unspecified atom stereocenters. The number of nitrogens with two attached hydrogens (primary N) is 1. The van der Waals surface area contributed by atoms with Crippen LogP contribution in [0.2, 0.25) is 0 Å². The Hall–Kier alpha value is -3.35. The molecule has 3 atom stereocenters. The molecular formula is C39H61N3O3. The third kappa shape index (κ3) is 15.0. The Labute approximate surface area is 274 Å². The van der Waals surface area contributed by atoms with Crippen LogP contribution >= 0.6 is 0 Å². The first-order valence-electron chi connectivity index (χ1n) is 16.7. The zero-order chi connectivity index (χ0) is 33.8. The third-order valence-electron chi connectivity index (χ3n) is 7.50. The SMILES string of the molecule is C=C/C(=C\C=C(/C)OCCN)C[C@H](Oc1ccc(C(C)(C)C)cc1)C(=O)NC.CC.CC.c1ccc(CN2CC3CC3C2)cc1. The molecule has 4 rings (SSSR count). The smallest absolute Gasteiger partial charge is 0.261 e. The van der Waals surface area contributed by atoms with E-state index >= 15 is 0 Å². The predicted molar refractivity (Wildman–Crippen MR) is 191 cm³/mol. The number of rotatable bonds is 12. The van der Waals surface area contributed by atoms with E-state index in [-0.39, 0.29) is 11.3 Å². The van der Waals surface area contributed by atoms with Crippen molar-refractivity contribution in [2.24, 2.45) is 17.6 Å². The molecule has 45 heavy (non-hydrogen) atoms. The largest absolute Gasteiger partial charge is 0.497 e. The molecule has 0 spiro atoms. The Morgan fingerprint density at radius 1 is 1.02 bits per heavy atom. The number of hydrogen-bond donors (Lipinski definition) is 2. The number of benzene rings is 2. The summed E-state index contributed by atoms with van der Waals surface area (Å²) in [6.45, 7) is 25.0. The van der Waals surface area contributed by atoms with Crippen LogP contribution in [0.4, 0.5) is 0 Å². The average molecular weight is 620 g/mol. The quantitative estimate of drug-likeness (QED) is 0.186. The number of ether oxygens (including phenoxy) is 2. The van der Waals surface area contributed by atoms with E-state index in [4.69, 9.17) is 15.2 Å². The number of likely N-dealkylation sites (tertiary alicyclic amines) is 1. The maximum Gasteiger partial charge on any atom is 0.261 e. The molecule has 1 saturated carbocycles. The van der Waals surface area contributed by atoms with Crippen LogP contribution in [0.3, 0.4) is 0 Å². The van der Waals surface area contributed by atoms with Crippen LogP contribution in [0, 0.1) is 11.8 Å². The van der Waals surface area contributed by atoms with E-state index < -0.39 is 6.10 Å². The van der Waals surface area contributed by atoms with E-state index in [0.717, 1.165) is 29.7 Å². The molecular weight excluding hydrogens is 558 g/mol. The lowest BCUT2D eigenvalue weighted by Crippen LogP contribution is -2.36. The van der Waals surface area contributed by atoms with E-state index in [0.29, 0.717) is 25.3 Å². The molecule has 1 amide bonds. The van der Waals surface area contributed by atoms with Crippen LogP contribution in [-0.4, -0.2) is 50.2 Å². The topological polar surface area (TPSA) is 76.8 Å². The van der Waals surface area contributed by atoms with Crippen molar-refractivity contribution < 1.29 is 14.3 Å². The summed E-state index contributed by atoms with van der Waals surface area (Å²) in [5.41, 5.74) is 9.04. The highest BCUT2D eigenvalue weighted by atomic mass is 16.5. The number of hydrogen-bond acceptors (Lipinski definition) is 5. The number of amides is 1. The summed E-state index contributed by atoms with van der Waals surface area (Å²) in [7, 11) is 1.60. The van der Waals surface area contributed by atoms with Crippen LogP contribution in [-0.2, 0) is 21.5 Å².